The van der Waals surface area contributed by atoms with Crippen LogP contribution in [0, 0.1) is 5.92 Å². The molecule has 0 aromatic heterocycles. The summed E-state index contributed by atoms with van der Waals surface area (Å²) >= 11 is 0. The first kappa shape index (κ1) is 12.9. The van der Waals surface area contributed by atoms with E-state index >= 15 is 0 Å². The van der Waals surface area contributed by atoms with E-state index in [0.29, 0.717) is 6.54 Å². The van der Waals surface area contributed by atoms with Crippen molar-refractivity contribution in [1.29, 1.82) is 0 Å². The quantitative estimate of drug-likeness (QED) is 0.798. The van der Waals surface area contributed by atoms with Gasteiger partial charge < -0.3 is 5.32 Å². The van der Waals surface area contributed by atoms with Crippen molar-refractivity contribution in [3.05, 3.63) is 0 Å². The van der Waals surface area contributed by atoms with Gasteiger partial charge in [0.1, 0.15) is 15.5 Å². The van der Waals surface area contributed by atoms with E-state index in [1.165, 1.54) is 6.92 Å². The van der Waals surface area contributed by atoms with Gasteiger partial charge >= 0.3 is 0 Å². The number of piperidine rings is 1. The van der Waals surface area contributed by atoms with E-state index in [1.54, 1.807) is 0 Å². The zero-order valence-corrected chi connectivity index (χ0v) is 10.2. The van der Waals surface area contributed by atoms with Crippen LogP contribution in [0.5, 0.6) is 0 Å². The molecule has 5 heteroatoms. The van der Waals surface area contributed by atoms with Crippen molar-refractivity contribution in [3.8, 4) is 0 Å². The molecule has 1 fully saturated rings. The molecule has 0 saturated carbocycles. The van der Waals surface area contributed by atoms with Crippen molar-refractivity contribution in [2.75, 3.05) is 25.1 Å². The van der Waals surface area contributed by atoms with Gasteiger partial charge in [0, 0.05) is 18.7 Å². The van der Waals surface area contributed by atoms with Gasteiger partial charge in [0.25, 0.3) is 0 Å². The third-order valence-electron chi connectivity index (χ3n) is 3.11. The minimum absolute atomic E-state index is 0.0481. The second kappa shape index (κ2) is 4.78. The zero-order chi connectivity index (χ0) is 11.5. The molecule has 0 amide bonds. The highest BCUT2D eigenvalue weighted by Gasteiger charge is 2.35. The van der Waals surface area contributed by atoms with Crippen molar-refractivity contribution in [3.63, 3.8) is 0 Å². The number of nitrogens with one attached hydrogen (secondary N) is 1. The summed E-state index contributed by atoms with van der Waals surface area (Å²) in [7, 11) is -3.06. The Kier molecular flexibility index (Phi) is 4.12. The lowest BCUT2D eigenvalue weighted by atomic mass is 9.83. The number of hydrogen-bond acceptors (Lipinski definition) is 3. The minimum Gasteiger partial charge on any atom is -0.316 e. The Bertz CT molecular complexity index is 295. The lowest BCUT2D eigenvalue weighted by molar-refractivity contribution is 0.0797. The zero-order valence-electron chi connectivity index (χ0n) is 9.42. The molecule has 0 aromatic rings. The summed E-state index contributed by atoms with van der Waals surface area (Å²) in [6.45, 7) is 3.13. The molecule has 1 aliphatic heterocycles. The molecule has 90 valence electrons. The number of sulfone groups is 1. The van der Waals surface area contributed by atoms with Crippen LogP contribution in [0.25, 0.3) is 0 Å². The second-order valence-electron chi connectivity index (χ2n) is 4.70. The van der Waals surface area contributed by atoms with Crippen molar-refractivity contribution in [2.45, 2.75) is 31.9 Å². The van der Waals surface area contributed by atoms with Crippen molar-refractivity contribution < 1.29 is 12.8 Å². The van der Waals surface area contributed by atoms with Crippen molar-refractivity contribution in [2.24, 2.45) is 5.92 Å². The Hall–Kier alpha value is -0.160. The van der Waals surface area contributed by atoms with Gasteiger partial charge in [0.15, 0.2) is 0 Å². The van der Waals surface area contributed by atoms with Crippen LogP contribution in [0.4, 0.5) is 4.39 Å². The average molecular weight is 237 g/mol. The maximum atomic E-state index is 14.2. The molecule has 15 heavy (non-hydrogen) atoms. The van der Waals surface area contributed by atoms with E-state index in [1.807, 2.05) is 0 Å². The third kappa shape index (κ3) is 4.47. The van der Waals surface area contributed by atoms with Crippen LogP contribution in [0.3, 0.4) is 0 Å². The lowest BCUT2D eigenvalue weighted by Gasteiger charge is -2.33. The second-order valence-corrected chi connectivity index (χ2v) is 6.96. The SMILES string of the molecule is CC(F)(CCS(C)(=O)=O)C1CCCNC1. The van der Waals surface area contributed by atoms with Crippen LogP contribution in [0.1, 0.15) is 26.2 Å². The first-order valence-corrected chi connectivity index (χ1v) is 7.45. The molecule has 1 N–H and O–H groups in total. The highest BCUT2D eigenvalue weighted by atomic mass is 32.2. The molecule has 1 heterocycles. The van der Waals surface area contributed by atoms with Gasteiger partial charge in [0.05, 0.1) is 5.75 Å². The van der Waals surface area contributed by atoms with E-state index in [4.69, 9.17) is 0 Å². The number of alkyl halides is 1. The Labute approximate surface area is 91.4 Å². The molecule has 0 spiro atoms. The minimum atomic E-state index is -3.06. The molecule has 0 aromatic carbocycles. The van der Waals surface area contributed by atoms with Crippen LogP contribution in [-0.2, 0) is 9.84 Å². The Morgan fingerprint density at radius 1 is 1.53 bits per heavy atom. The van der Waals surface area contributed by atoms with Gasteiger partial charge in [-0.25, -0.2) is 12.8 Å². The highest BCUT2D eigenvalue weighted by Crippen LogP contribution is 2.31. The van der Waals surface area contributed by atoms with E-state index in [9.17, 15) is 12.8 Å². The summed E-state index contributed by atoms with van der Waals surface area (Å²) in [5.41, 5.74) is -1.36. The van der Waals surface area contributed by atoms with Crippen molar-refractivity contribution in [1.82, 2.24) is 5.32 Å². The fourth-order valence-electron chi connectivity index (χ4n) is 1.95. The maximum absolute atomic E-state index is 14.2. The fourth-order valence-corrected chi connectivity index (χ4v) is 2.72. The normalized spacial score (nSPS) is 27.3. The van der Waals surface area contributed by atoms with Crippen molar-refractivity contribution >= 4 is 9.84 Å². The van der Waals surface area contributed by atoms with Gasteiger partial charge in [-0.2, -0.15) is 0 Å². The summed E-state index contributed by atoms with van der Waals surface area (Å²) < 4.78 is 36.2. The molecule has 0 bridgehead atoms. The van der Waals surface area contributed by atoms with E-state index in [0.717, 1.165) is 25.6 Å². The number of halogens is 1. The lowest BCUT2D eigenvalue weighted by Crippen LogP contribution is -2.42. The van der Waals surface area contributed by atoms with Gasteiger partial charge in [0.2, 0.25) is 0 Å². The number of hydrogen-bond donors (Lipinski definition) is 1. The Morgan fingerprint density at radius 2 is 2.20 bits per heavy atom. The van der Waals surface area contributed by atoms with Gasteiger partial charge in [-0.15, -0.1) is 0 Å². The van der Waals surface area contributed by atoms with Crippen LogP contribution < -0.4 is 5.32 Å². The summed E-state index contributed by atoms with van der Waals surface area (Å²) in [6, 6.07) is 0. The highest BCUT2D eigenvalue weighted by molar-refractivity contribution is 7.90. The fraction of sp³-hybridized carbons (Fsp3) is 1.00. The molecule has 1 rings (SSSR count). The molecule has 0 radical (unpaired) electrons. The monoisotopic (exact) mass is 237 g/mol. The Morgan fingerprint density at radius 3 is 2.67 bits per heavy atom. The molecule has 1 saturated heterocycles. The van der Waals surface area contributed by atoms with Gasteiger partial charge in [-0.3, -0.25) is 0 Å². The molecular formula is C10H20FNO2S. The predicted molar refractivity (Wildman–Crippen MR) is 59.4 cm³/mol. The Balaban J connectivity index is 2.49. The number of rotatable bonds is 4. The summed E-state index contributed by atoms with van der Waals surface area (Å²) in [4.78, 5) is 0. The van der Waals surface area contributed by atoms with E-state index in [2.05, 4.69) is 5.32 Å². The standard InChI is InChI=1S/C10H20FNO2S/c1-10(11,5-7-15(2,13)14)9-4-3-6-12-8-9/h9,12H,3-8H2,1-2H3. The molecule has 0 aliphatic carbocycles. The van der Waals surface area contributed by atoms with E-state index < -0.39 is 15.5 Å². The summed E-state index contributed by atoms with van der Waals surface area (Å²) in [5.74, 6) is -0.107. The average Bonchev–Trinajstić information content (AvgIpc) is 2.16. The van der Waals surface area contributed by atoms with E-state index in [-0.39, 0.29) is 18.1 Å². The van der Waals surface area contributed by atoms with Crippen LogP contribution >= 0.6 is 0 Å². The largest absolute Gasteiger partial charge is 0.316 e. The molecule has 2 atom stereocenters. The van der Waals surface area contributed by atoms with Crippen LogP contribution in [0.2, 0.25) is 0 Å². The topological polar surface area (TPSA) is 46.2 Å². The molecule has 3 nitrogen and oxygen atoms in total. The maximum Gasteiger partial charge on any atom is 0.147 e. The van der Waals surface area contributed by atoms with Gasteiger partial charge in [-0.1, -0.05) is 0 Å². The molecular weight excluding hydrogens is 217 g/mol. The smallest absolute Gasteiger partial charge is 0.147 e. The molecule has 1 aliphatic rings. The summed E-state index contributed by atoms with van der Waals surface area (Å²) in [5, 5.41) is 3.15. The molecule has 2 unspecified atom stereocenters. The van der Waals surface area contributed by atoms with Crippen LogP contribution in [-0.4, -0.2) is 39.2 Å². The summed E-state index contributed by atoms with van der Waals surface area (Å²) in [6.07, 6.45) is 3.09. The first-order valence-electron chi connectivity index (χ1n) is 5.39. The van der Waals surface area contributed by atoms with Gasteiger partial charge in [-0.05, 0) is 32.7 Å². The van der Waals surface area contributed by atoms with Crippen LogP contribution in [0.15, 0.2) is 0 Å². The predicted octanol–water partition coefficient (Wildman–Crippen LogP) is 1.15. The first-order chi connectivity index (χ1) is 6.81. The third-order valence-corrected chi connectivity index (χ3v) is 4.06.